The van der Waals surface area contributed by atoms with Gasteiger partial charge in [0.15, 0.2) is 9.82 Å². The maximum Gasteiger partial charge on any atom is 0.198 e. The van der Waals surface area contributed by atoms with Crippen molar-refractivity contribution in [3.8, 4) is 0 Å². The molecule has 2 aromatic heterocycles. The van der Waals surface area contributed by atoms with Gasteiger partial charge in [-0.05, 0) is 40.6 Å². The van der Waals surface area contributed by atoms with Crippen molar-refractivity contribution in [2.24, 2.45) is 7.05 Å². The van der Waals surface area contributed by atoms with Gasteiger partial charge >= 0.3 is 0 Å². The monoisotopic (exact) mass is 304 g/mol. The Labute approximate surface area is 106 Å². The lowest BCUT2D eigenvalue weighted by Crippen LogP contribution is -2.20. The van der Waals surface area contributed by atoms with Crippen LogP contribution in [0.3, 0.4) is 0 Å². The average Bonchev–Trinajstić information content (AvgIpc) is 2.80. The summed E-state index contributed by atoms with van der Waals surface area (Å²) >= 11 is 9.32. The molecule has 0 aliphatic rings. The van der Waals surface area contributed by atoms with Gasteiger partial charge < -0.3 is 9.73 Å². The summed E-state index contributed by atoms with van der Waals surface area (Å²) in [4.78, 5) is 0. The largest absolute Gasteiger partial charge is 0.453 e. The number of nitrogens with zero attached hydrogens (tertiary/aromatic N) is 3. The Bertz CT molecular complexity index is 476. The fourth-order valence-corrected chi connectivity index (χ4v) is 2.38. The molecule has 7 heteroatoms. The van der Waals surface area contributed by atoms with Crippen LogP contribution in [0.4, 0.5) is 0 Å². The van der Waals surface area contributed by atoms with Crippen molar-refractivity contribution in [3.63, 3.8) is 0 Å². The first-order valence-electron chi connectivity index (χ1n) is 4.60. The van der Waals surface area contributed by atoms with Crippen LogP contribution >= 0.6 is 27.5 Å². The van der Waals surface area contributed by atoms with E-state index in [1.807, 2.05) is 20.2 Å². The highest BCUT2D eigenvalue weighted by atomic mass is 79.9. The Balaban J connectivity index is 2.49. The van der Waals surface area contributed by atoms with Crippen LogP contribution in [0.2, 0.25) is 5.22 Å². The summed E-state index contributed by atoms with van der Waals surface area (Å²) in [5.41, 5.74) is 1.75. The molecule has 0 aliphatic carbocycles. The molecule has 1 unspecified atom stereocenters. The topological polar surface area (TPSA) is 55.9 Å². The molecule has 2 heterocycles. The molecule has 0 spiro atoms. The van der Waals surface area contributed by atoms with Crippen LogP contribution in [0, 0.1) is 0 Å². The number of hydrogen-bond donors (Lipinski definition) is 1. The van der Waals surface area contributed by atoms with E-state index in [0.29, 0.717) is 9.82 Å². The minimum Gasteiger partial charge on any atom is -0.453 e. The van der Waals surface area contributed by atoms with Gasteiger partial charge in [-0.1, -0.05) is 5.21 Å². The first kappa shape index (κ1) is 11.6. The van der Waals surface area contributed by atoms with Crippen LogP contribution in [0.25, 0.3) is 0 Å². The molecule has 0 aliphatic heterocycles. The van der Waals surface area contributed by atoms with Crippen molar-refractivity contribution >= 4 is 27.5 Å². The third kappa shape index (κ3) is 1.88. The molecule has 0 amide bonds. The maximum absolute atomic E-state index is 5.96. The zero-order chi connectivity index (χ0) is 11.7. The van der Waals surface area contributed by atoms with Crippen molar-refractivity contribution in [3.05, 3.63) is 33.4 Å². The van der Waals surface area contributed by atoms with E-state index < -0.39 is 0 Å². The van der Waals surface area contributed by atoms with Crippen molar-refractivity contribution in [2.45, 2.75) is 6.04 Å². The molecule has 1 N–H and O–H groups in total. The van der Waals surface area contributed by atoms with E-state index in [0.717, 1.165) is 11.3 Å². The van der Waals surface area contributed by atoms with E-state index in [-0.39, 0.29) is 6.04 Å². The van der Waals surface area contributed by atoms with Crippen LogP contribution in [0.15, 0.2) is 21.3 Å². The van der Waals surface area contributed by atoms with Crippen molar-refractivity contribution in [1.82, 2.24) is 20.3 Å². The standard InChI is InChI=1S/C9H10BrClN4O/c1-12-6(5-3-4-16-9(5)11)7-8(10)13-14-15(7)2/h3-4,6,12H,1-2H3. The highest BCUT2D eigenvalue weighted by molar-refractivity contribution is 9.10. The van der Waals surface area contributed by atoms with E-state index >= 15 is 0 Å². The molecule has 0 saturated carbocycles. The summed E-state index contributed by atoms with van der Waals surface area (Å²) in [6.07, 6.45) is 1.56. The first-order chi connectivity index (χ1) is 7.65. The van der Waals surface area contributed by atoms with Gasteiger partial charge in [-0.2, -0.15) is 0 Å². The van der Waals surface area contributed by atoms with Crippen LogP contribution in [-0.4, -0.2) is 22.0 Å². The molecule has 0 aromatic carbocycles. The molecule has 1 atom stereocenters. The molecule has 0 saturated heterocycles. The number of nitrogens with one attached hydrogen (secondary N) is 1. The Kier molecular flexibility index (Phi) is 3.32. The molecule has 0 radical (unpaired) electrons. The summed E-state index contributed by atoms with van der Waals surface area (Å²) in [5, 5.41) is 11.4. The number of hydrogen-bond acceptors (Lipinski definition) is 4. The summed E-state index contributed by atoms with van der Waals surface area (Å²) in [7, 11) is 3.67. The van der Waals surface area contributed by atoms with E-state index in [9.17, 15) is 0 Å². The van der Waals surface area contributed by atoms with E-state index in [1.165, 1.54) is 0 Å². The summed E-state index contributed by atoms with van der Waals surface area (Å²) in [5.74, 6) is 0. The zero-order valence-electron chi connectivity index (χ0n) is 8.74. The van der Waals surface area contributed by atoms with Gasteiger partial charge in [0, 0.05) is 12.6 Å². The van der Waals surface area contributed by atoms with Gasteiger partial charge in [-0.3, -0.25) is 0 Å². The number of rotatable bonds is 3. The lowest BCUT2D eigenvalue weighted by molar-refractivity contribution is 0.551. The summed E-state index contributed by atoms with van der Waals surface area (Å²) < 4.78 is 7.46. The molecule has 0 bridgehead atoms. The number of aryl methyl sites for hydroxylation is 1. The molecular weight excluding hydrogens is 295 g/mol. The lowest BCUT2D eigenvalue weighted by Gasteiger charge is -2.15. The number of halogens is 2. The molecule has 2 aromatic rings. The lowest BCUT2D eigenvalue weighted by atomic mass is 10.1. The van der Waals surface area contributed by atoms with Gasteiger partial charge in [0.1, 0.15) is 0 Å². The van der Waals surface area contributed by atoms with Crippen LogP contribution < -0.4 is 5.32 Å². The summed E-state index contributed by atoms with van der Waals surface area (Å²) in [6.45, 7) is 0. The Morgan fingerprint density at radius 1 is 1.62 bits per heavy atom. The Morgan fingerprint density at radius 3 is 2.81 bits per heavy atom. The van der Waals surface area contributed by atoms with Crippen molar-refractivity contribution in [2.75, 3.05) is 7.05 Å². The predicted octanol–water partition coefficient (Wildman–Crippen LogP) is 2.13. The van der Waals surface area contributed by atoms with Gasteiger partial charge in [0.2, 0.25) is 0 Å². The SMILES string of the molecule is CNC(c1ccoc1Cl)c1c(Br)nnn1C. The maximum atomic E-state index is 5.96. The second kappa shape index (κ2) is 4.57. The number of aromatic nitrogens is 3. The quantitative estimate of drug-likeness (QED) is 0.944. The van der Waals surface area contributed by atoms with Crippen LogP contribution in [0.1, 0.15) is 17.3 Å². The van der Waals surface area contributed by atoms with Gasteiger partial charge in [0.05, 0.1) is 18.0 Å². The third-order valence-corrected chi connectivity index (χ3v) is 3.22. The highest BCUT2D eigenvalue weighted by Gasteiger charge is 2.23. The van der Waals surface area contributed by atoms with E-state index in [1.54, 1.807) is 10.9 Å². The van der Waals surface area contributed by atoms with Gasteiger partial charge in [-0.25, -0.2) is 4.68 Å². The van der Waals surface area contributed by atoms with Crippen molar-refractivity contribution in [1.29, 1.82) is 0 Å². The fraction of sp³-hybridized carbons (Fsp3) is 0.333. The summed E-state index contributed by atoms with van der Waals surface area (Å²) in [6, 6.07) is 1.71. The minimum atomic E-state index is -0.111. The van der Waals surface area contributed by atoms with Gasteiger partial charge in [0.25, 0.3) is 0 Å². The second-order valence-electron chi connectivity index (χ2n) is 3.26. The molecular formula is C9H10BrClN4O. The van der Waals surface area contributed by atoms with E-state index in [4.69, 9.17) is 16.0 Å². The van der Waals surface area contributed by atoms with Crippen LogP contribution in [-0.2, 0) is 7.05 Å². The van der Waals surface area contributed by atoms with Crippen molar-refractivity contribution < 1.29 is 4.42 Å². The minimum absolute atomic E-state index is 0.111. The molecule has 16 heavy (non-hydrogen) atoms. The average molecular weight is 306 g/mol. The molecule has 2 rings (SSSR count). The Hall–Kier alpha value is -0.850. The smallest absolute Gasteiger partial charge is 0.198 e. The normalized spacial score (nSPS) is 13.0. The zero-order valence-corrected chi connectivity index (χ0v) is 11.1. The third-order valence-electron chi connectivity index (χ3n) is 2.35. The highest BCUT2D eigenvalue weighted by Crippen LogP contribution is 2.31. The predicted molar refractivity (Wildman–Crippen MR) is 63.3 cm³/mol. The molecule has 86 valence electrons. The van der Waals surface area contributed by atoms with Gasteiger partial charge in [-0.15, -0.1) is 5.10 Å². The van der Waals surface area contributed by atoms with E-state index in [2.05, 4.69) is 31.6 Å². The molecule has 0 fully saturated rings. The Morgan fingerprint density at radius 2 is 2.38 bits per heavy atom. The first-order valence-corrected chi connectivity index (χ1v) is 5.77. The van der Waals surface area contributed by atoms with Crippen LogP contribution in [0.5, 0.6) is 0 Å². The number of furan rings is 1. The second-order valence-corrected chi connectivity index (χ2v) is 4.35. The fourth-order valence-electron chi connectivity index (χ4n) is 1.60. The molecule has 5 nitrogen and oxygen atoms in total.